The highest BCUT2D eigenvalue weighted by molar-refractivity contribution is 7.89. The lowest BCUT2D eigenvalue weighted by Gasteiger charge is -2.23. The predicted octanol–water partition coefficient (Wildman–Crippen LogP) is -1.02. The quantitative estimate of drug-likeness (QED) is 0.651. The maximum absolute atomic E-state index is 11.9. The molecule has 1 aromatic heterocycles. The third kappa shape index (κ3) is 1.17. The zero-order valence-electron chi connectivity index (χ0n) is 7.84. The predicted molar refractivity (Wildman–Crippen MR) is 49.9 cm³/mol. The molecule has 0 aromatic carbocycles. The zero-order chi connectivity index (χ0) is 10.3. The number of fused-ring (bicyclic) bond motifs is 1. The van der Waals surface area contributed by atoms with E-state index in [0.29, 0.717) is 18.7 Å². The van der Waals surface area contributed by atoms with Crippen LogP contribution in [0.1, 0.15) is 5.56 Å². The van der Waals surface area contributed by atoms with Crippen molar-refractivity contribution in [3.05, 3.63) is 11.8 Å². The highest BCUT2D eigenvalue weighted by atomic mass is 32.2. The molecule has 1 aliphatic rings. The van der Waals surface area contributed by atoms with E-state index in [1.165, 1.54) is 15.2 Å². The molecule has 0 bridgehead atoms. The van der Waals surface area contributed by atoms with Gasteiger partial charge in [0.1, 0.15) is 0 Å². The van der Waals surface area contributed by atoms with Crippen LogP contribution in [0.3, 0.4) is 0 Å². The largest absolute Gasteiger partial charge is 0.326 e. The van der Waals surface area contributed by atoms with Crippen LogP contribution in [0.2, 0.25) is 0 Å². The molecule has 0 radical (unpaired) electrons. The van der Waals surface area contributed by atoms with Gasteiger partial charge in [0.05, 0.1) is 12.7 Å². The molecule has 0 aliphatic carbocycles. The van der Waals surface area contributed by atoms with Crippen LogP contribution in [0.25, 0.3) is 0 Å². The number of hydrogen-bond acceptors (Lipinski definition) is 4. The van der Waals surface area contributed by atoms with Gasteiger partial charge in [0.15, 0.2) is 5.03 Å². The molecule has 1 aliphatic heterocycles. The van der Waals surface area contributed by atoms with Crippen LogP contribution in [0, 0.1) is 0 Å². The van der Waals surface area contributed by atoms with Crippen molar-refractivity contribution in [2.45, 2.75) is 18.1 Å². The molecule has 0 spiro atoms. The number of hydrogen-bond donors (Lipinski definition) is 1. The monoisotopic (exact) mass is 216 g/mol. The molecule has 6 nitrogen and oxygen atoms in total. The Morgan fingerprint density at radius 3 is 2.93 bits per heavy atom. The minimum atomic E-state index is -3.37. The number of nitrogens with two attached hydrogens (primary N) is 1. The van der Waals surface area contributed by atoms with Crippen molar-refractivity contribution in [3.8, 4) is 0 Å². The average molecular weight is 216 g/mol. The summed E-state index contributed by atoms with van der Waals surface area (Å²) in [7, 11) is -1.80. The topological polar surface area (TPSA) is 81.2 Å². The van der Waals surface area contributed by atoms with Gasteiger partial charge in [-0.15, -0.1) is 0 Å². The number of aromatic nitrogens is 2. The molecule has 7 heteroatoms. The maximum atomic E-state index is 11.9. The Hall–Kier alpha value is -0.920. The second-order valence-corrected chi connectivity index (χ2v) is 5.19. The standard InChI is InChI=1S/C7H12N4O2S/c1-10-2-3-11-7(14(10,12)13)6(4-8)5-9-11/h5H,2-4,8H2,1H3. The second kappa shape index (κ2) is 3.04. The minimum Gasteiger partial charge on any atom is -0.326 e. The summed E-state index contributed by atoms with van der Waals surface area (Å²) in [5.74, 6) is 0. The molecule has 0 unspecified atom stereocenters. The summed E-state index contributed by atoms with van der Waals surface area (Å²) in [5, 5.41) is 4.23. The van der Waals surface area contributed by atoms with E-state index in [-0.39, 0.29) is 11.6 Å². The summed E-state index contributed by atoms with van der Waals surface area (Å²) in [4.78, 5) is 0. The van der Waals surface area contributed by atoms with Crippen molar-refractivity contribution < 1.29 is 8.42 Å². The van der Waals surface area contributed by atoms with Crippen LogP contribution in [0.4, 0.5) is 0 Å². The Morgan fingerprint density at radius 2 is 2.29 bits per heavy atom. The van der Waals surface area contributed by atoms with Gasteiger partial charge < -0.3 is 5.73 Å². The molecule has 2 N–H and O–H groups in total. The Balaban J connectivity index is 2.66. The molecule has 0 amide bonds. The zero-order valence-corrected chi connectivity index (χ0v) is 8.66. The van der Waals surface area contributed by atoms with Gasteiger partial charge >= 0.3 is 0 Å². The first-order chi connectivity index (χ1) is 6.57. The van der Waals surface area contributed by atoms with Crippen LogP contribution in [-0.2, 0) is 23.1 Å². The van der Waals surface area contributed by atoms with E-state index in [2.05, 4.69) is 5.10 Å². The van der Waals surface area contributed by atoms with Crippen molar-refractivity contribution in [2.75, 3.05) is 13.6 Å². The normalized spacial score (nSPS) is 20.7. The molecule has 0 saturated carbocycles. The van der Waals surface area contributed by atoms with E-state index in [9.17, 15) is 8.42 Å². The lowest BCUT2D eigenvalue weighted by molar-refractivity contribution is 0.381. The summed E-state index contributed by atoms with van der Waals surface area (Å²) in [6, 6.07) is 0. The molecule has 2 heterocycles. The molecule has 0 atom stereocenters. The molecule has 78 valence electrons. The van der Waals surface area contributed by atoms with Crippen molar-refractivity contribution >= 4 is 10.0 Å². The maximum Gasteiger partial charge on any atom is 0.260 e. The van der Waals surface area contributed by atoms with E-state index in [4.69, 9.17) is 5.73 Å². The first-order valence-electron chi connectivity index (χ1n) is 4.28. The molecule has 0 saturated heterocycles. The van der Waals surface area contributed by atoms with Gasteiger partial charge in [0, 0.05) is 25.7 Å². The molecule has 0 fully saturated rings. The van der Waals surface area contributed by atoms with Crippen LogP contribution >= 0.6 is 0 Å². The van der Waals surface area contributed by atoms with Crippen LogP contribution in [-0.4, -0.2) is 36.1 Å². The summed E-state index contributed by atoms with van der Waals surface area (Å²) in [6.07, 6.45) is 1.52. The SMILES string of the molecule is CN1CCn2ncc(CN)c2S1(=O)=O. The number of nitrogens with zero attached hydrogens (tertiary/aromatic N) is 3. The summed E-state index contributed by atoms with van der Waals surface area (Å²) >= 11 is 0. The highest BCUT2D eigenvalue weighted by Gasteiger charge is 2.32. The lowest BCUT2D eigenvalue weighted by atomic mass is 10.4. The number of rotatable bonds is 1. The first-order valence-corrected chi connectivity index (χ1v) is 5.72. The Labute approximate surface area is 82.4 Å². The fraction of sp³-hybridized carbons (Fsp3) is 0.571. The first kappa shape index (κ1) is 9.63. The van der Waals surface area contributed by atoms with Crippen LogP contribution in [0.15, 0.2) is 11.2 Å². The molecule has 14 heavy (non-hydrogen) atoms. The Morgan fingerprint density at radius 1 is 1.57 bits per heavy atom. The highest BCUT2D eigenvalue weighted by Crippen LogP contribution is 2.22. The average Bonchev–Trinajstić information content (AvgIpc) is 2.56. The van der Waals surface area contributed by atoms with Crippen molar-refractivity contribution in [2.24, 2.45) is 5.73 Å². The lowest BCUT2D eigenvalue weighted by Crippen LogP contribution is -2.37. The Bertz CT molecular complexity index is 437. The molecule has 2 rings (SSSR count). The van der Waals surface area contributed by atoms with E-state index >= 15 is 0 Å². The summed E-state index contributed by atoms with van der Waals surface area (Å²) < 4.78 is 26.5. The summed E-state index contributed by atoms with van der Waals surface area (Å²) in [5.41, 5.74) is 6.03. The fourth-order valence-electron chi connectivity index (χ4n) is 1.51. The third-order valence-electron chi connectivity index (χ3n) is 2.36. The number of likely N-dealkylation sites (N-methyl/N-ethyl adjacent to an activating group) is 1. The third-order valence-corrected chi connectivity index (χ3v) is 4.33. The molecular weight excluding hydrogens is 204 g/mol. The Kier molecular flexibility index (Phi) is 2.09. The van der Waals surface area contributed by atoms with Crippen LogP contribution < -0.4 is 5.73 Å². The smallest absolute Gasteiger partial charge is 0.260 e. The van der Waals surface area contributed by atoms with Crippen molar-refractivity contribution in [1.29, 1.82) is 0 Å². The van der Waals surface area contributed by atoms with Gasteiger partial charge in [-0.3, -0.25) is 4.68 Å². The van der Waals surface area contributed by atoms with Crippen molar-refractivity contribution in [3.63, 3.8) is 0 Å². The van der Waals surface area contributed by atoms with Gasteiger partial charge in [0.25, 0.3) is 10.0 Å². The van der Waals surface area contributed by atoms with E-state index in [1.54, 1.807) is 7.05 Å². The van der Waals surface area contributed by atoms with Gasteiger partial charge in [-0.2, -0.15) is 9.40 Å². The van der Waals surface area contributed by atoms with Gasteiger partial charge in [0.2, 0.25) is 0 Å². The minimum absolute atomic E-state index is 0.197. The van der Waals surface area contributed by atoms with Gasteiger partial charge in [-0.25, -0.2) is 8.42 Å². The van der Waals surface area contributed by atoms with Crippen LogP contribution in [0.5, 0.6) is 0 Å². The second-order valence-electron chi connectivity index (χ2n) is 3.23. The molecule has 1 aromatic rings. The van der Waals surface area contributed by atoms with E-state index < -0.39 is 10.0 Å². The van der Waals surface area contributed by atoms with Crippen molar-refractivity contribution in [1.82, 2.24) is 14.1 Å². The van der Waals surface area contributed by atoms with E-state index in [0.717, 1.165) is 0 Å². The molecular formula is C7H12N4O2S. The van der Waals surface area contributed by atoms with Gasteiger partial charge in [-0.05, 0) is 0 Å². The van der Waals surface area contributed by atoms with Gasteiger partial charge in [-0.1, -0.05) is 0 Å². The fourth-order valence-corrected chi connectivity index (χ4v) is 3.00. The summed E-state index contributed by atoms with van der Waals surface area (Å²) in [6.45, 7) is 1.24. The van der Waals surface area contributed by atoms with E-state index in [1.807, 2.05) is 0 Å². The number of sulfonamides is 1.